The third-order valence-electron chi connectivity index (χ3n) is 4.38. The zero-order chi connectivity index (χ0) is 22.1. The second-order valence-electron chi connectivity index (χ2n) is 6.48. The summed E-state index contributed by atoms with van der Waals surface area (Å²) < 4.78 is 37.9. The van der Waals surface area contributed by atoms with Crippen molar-refractivity contribution in [3.8, 4) is 17.2 Å². The van der Waals surface area contributed by atoms with Crippen molar-refractivity contribution in [1.82, 2.24) is 4.98 Å². The van der Waals surface area contributed by atoms with Crippen molar-refractivity contribution in [2.75, 3.05) is 11.9 Å². The molecule has 4 aromatic rings. The van der Waals surface area contributed by atoms with Gasteiger partial charge in [-0.3, -0.25) is 4.79 Å². The molecule has 0 aliphatic rings. The molecule has 9 heteroatoms. The van der Waals surface area contributed by atoms with Crippen molar-refractivity contribution in [3.05, 3.63) is 75.8 Å². The molecule has 1 amide bonds. The predicted molar refractivity (Wildman–Crippen MR) is 115 cm³/mol. The number of aromatic nitrogens is 1. The van der Waals surface area contributed by atoms with Crippen molar-refractivity contribution < 1.29 is 22.7 Å². The largest absolute Gasteiger partial charge is 0.492 e. The van der Waals surface area contributed by atoms with Crippen LogP contribution in [0, 0.1) is 11.6 Å². The fourth-order valence-corrected chi connectivity index (χ4v) is 3.39. The summed E-state index contributed by atoms with van der Waals surface area (Å²) in [5.74, 6) is -1.99. The van der Waals surface area contributed by atoms with Gasteiger partial charge in [-0.2, -0.15) is 0 Å². The number of nitrogens with one attached hydrogen (secondary N) is 1. The Hall–Kier alpha value is -3.16. The average molecular weight is 463 g/mol. The molecule has 0 atom stereocenters. The lowest BCUT2D eigenvalue weighted by Gasteiger charge is -2.08. The van der Waals surface area contributed by atoms with Gasteiger partial charge >= 0.3 is 0 Å². The molecule has 0 bridgehead atoms. The molecule has 0 fully saturated rings. The van der Waals surface area contributed by atoms with Gasteiger partial charge in [0.15, 0.2) is 17.2 Å². The summed E-state index contributed by atoms with van der Waals surface area (Å²) >= 11 is 12.1. The van der Waals surface area contributed by atoms with Crippen LogP contribution in [0.4, 0.5) is 14.5 Å². The Morgan fingerprint density at radius 3 is 2.58 bits per heavy atom. The maximum Gasteiger partial charge on any atom is 0.255 e. The number of nitrogens with zero attached hydrogens (tertiary/aromatic N) is 1. The molecule has 4 rings (SSSR count). The van der Waals surface area contributed by atoms with E-state index in [4.69, 9.17) is 32.4 Å². The number of rotatable bonds is 5. The Morgan fingerprint density at radius 1 is 1.06 bits per heavy atom. The van der Waals surface area contributed by atoms with Crippen LogP contribution in [0.3, 0.4) is 0 Å². The number of benzene rings is 3. The van der Waals surface area contributed by atoms with Crippen LogP contribution in [0.5, 0.6) is 5.75 Å². The molecule has 1 aromatic heterocycles. The summed E-state index contributed by atoms with van der Waals surface area (Å²) in [6, 6.07) is 11.3. The van der Waals surface area contributed by atoms with Gasteiger partial charge in [0.05, 0.1) is 22.2 Å². The Balaban J connectivity index is 1.59. The molecule has 0 unspecified atom stereocenters. The van der Waals surface area contributed by atoms with E-state index in [0.717, 1.165) is 12.1 Å². The summed E-state index contributed by atoms with van der Waals surface area (Å²) in [7, 11) is 0. The van der Waals surface area contributed by atoms with Crippen LogP contribution in [0.1, 0.15) is 17.3 Å². The van der Waals surface area contributed by atoms with Crippen LogP contribution in [0.2, 0.25) is 10.0 Å². The zero-order valence-corrected chi connectivity index (χ0v) is 17.5. The van der Waals surface area contributed by atoms with Crippen molar-refractivity contribution in [2.45, 2.75) is 6.92 Å². The highest BCUT2D eigenvalue weighted by atomic mass is 35.5. The van der Waals surface area contributed by atoms with Crippen molar-refractivity contribution >= 4 is 45.9 Å². The van der Waals surface area contributed by atoms with Gasteiger partial charge in [-0.05, 0) is 55.5 Å². The number of oxazole rings is 1. The molecule has 31 heavy (non-hydrogen) atoms. The molecule has 0 aliphatic heterocycles. The van der Waals surface area contributed by atoms with Crippen molar-refractivity contribution in [3.63, 3.8) is 0 Å². The average Bonchev–Trinajstić information content (AvgIpc) is 3.15. The summed E-state index contributed by atoms with van der Waals surface area (Å²) in [6.45, 7) is 2.30. The lowest BCUT2D eigenvalue weighted by Crippen LogP contribution is -2.11. The van der Waals surface area contributed by atoms with Crippen molar-refractivity contribution in [2.24, 2.45) is 0 Å². The van der Waals surface area contributed by atoms with E-state index < -0.39 is 11.6 Å². The smallest absolute Gasteiger partial charge is 0.255 e. The molecular formula is C22H14Cl2F2N2O3. The molecule has 0 saturated heterocycles. The summed E-state index contributed by atoms with van der Waals surface area (Å²) in [5, 5.41) is 3.04. The summed E-state index contributed by atoms with van der Waals surface area (Å²) in [5.41, 5.74) is 1.71. The molecule has 0 saturated carbocycles. The van der Waals surface area contributed by atoms with Crippen LogP contribution in [0.25, 0.3) is 22.6 Å². The molecule has 0 radical (unpaired) electrons. The van der Waals surface area contributed by atoms with E-state index >= 15 is 0 Å². The molecule has 1 heterocycles. The van der Waals surface area contributed by atoms with Gasteiger partial charge in [0, 0.05) is 11.3 Å². The lowest BCUT2D eigenvalue weighted by atomic mass is 10.2. The van der Waals surface area contributed by atoms with Crippen LogP contribution < -0.4 is 10.1 Å². The number of hydrogen-bond acceptors (Lipinski definition) is 4. The van der Waals surface area contributed by atoms with Crippen LogP contribution in [-0.4, -0.2) is 17.5 Å². The lowest BCUT2D eigenvalue weighted by molar-refractivity contribution is 0.102. The van der Waals surface area contributed by atoms with Crippen LogP contribution in [0.15, 0.2) is 52.9 Å². The molecular weight excluding hydrogens is 449 g/mol. The quantitative estimate of drug-likeness (QED) is 0.334. The monoisotopic (exact) mass is 462 g/mol. The van der Waals surface area contributed by atoms with E-state index in [-0.39, 0.29) is 22.4 Å². The minimum absolute atomic E-state index is 0.0284. The number of carbonyl (C=O) groups is 1. The second kappa shape index (κ2) is 8.53. The standard InChI is InChI=1S/C22H14Cl2F2N2O3/c1-2-30-19-5-3-11(7-15(19)24)21(29)27-12-4-6-20-18(8-12)28-22(31-20)13-9-16(25)17(26)10-14(13)23/h3-10H,2H2,1H3,(H,27,29). The van der Waals surface area contributed by atoms with E-state index in [9.17, 15) is 13.6 Å². The maximum atomic E-state index is 13.6. The third-order valence-corrected chi connectivity index (χ3v) is 4.99. The molecule has 5 nitrogen and oxygen atoms in total. The van der Waals surface area contributed by atoms with Gasteiger partial charge in [-0.15, -0.1) is 0 Å². The third kappa shape index (κ3) is 4.33. The molecule has 0 aliphatic carbocycles. The number of halogens is 4. The van der Waals surface area contributed by atoms with E-state index in [1.807, 2.05) is 6.92 Å². The van der Waals surface area contributed by atoms with Gasteiger partial charge < -0.3 is 14.5 Å². The van der Waals surface area contributed by atoms with Gasteiger partial charge in [0.25, 0.3) is 5.91 Å². The first-order valence-electron chi connectivity index (χ1n) is 9.15. The zero-order valence-electron chi connectivity index (χ0n) is 16.0. The number of fused-ring (bicyclic) bond motifs is 1. The highest BCUT2D eigenvalue weighted by Crippen LogP contribution is 2.32. The minimum Gasteiger partial charge on any atom is -0.492 e. The Kier molecular flexibility index (Phi) is 5.80. The summed E-state index contributed by atoms with van der Waals surface area (Å²) in [4.78, 5) is 16.8. The molecule has 1 N–H and O–H groups in total. The Bertz CT molecular complexity index is 1310. The van der Waals surface area contributed by atoms with Gasteiger partial charge in [0.2, 0.25) is 5.89 Å². The first-order valence-corrected chi connectivity index (χ1v) is 9.90. The molecule has 158 valence electrons. The molecule has 3 aromatic carbocycles. The molecule has 0 spiro atoms. The predicted octanol–water partition coefficient (Wildman–Crippen LogP) is 6.73. The highest BCUT2D eigenvalue weighted by molar-refractivity contribution is 6.33. The first kappa shape index (κ1) is 21.1. The second-order valence-corrected chi connectivity index (χ2v) is 7.29. The normalized spacial score (nSPS) is 11.0. The van der Waals surface area contributed by atoms with Crippen LogP contribution in [-0.2, 0) is 0 Å². The minimum atomic E-state index is -1.07. The van der Waals surface area contributed by atoms with E-state index in [2.05, 4.69) is 10.3 Å². The number of hydrogen-bond donors (Lipinski definition) is 1. The van der Waals surface area contributed by atoms with Gasteiger partial charge in [-0.1, -0.05) is 23.2 Å². The van der Waals surface area contributed by atoms with Gasteiger partial charge in [0.1, 0.15) is 11.3 Å². The SMILES string of the molecule is CCOc1ccc(C(=O)Nc2ccc3oc(-c4cc(F)c(F)cc4Cl)nc3c2)cc1Cl. The fourth-order valence-electron chi connectivity index (χ4n) is 2.92. The number of amides is 1. The highest BCUT2D eigenvalue weighted by Gasteiger charge is 2.16. The first-order chi connectivity index (χ1) is 14.9. The maximum absolute atomic E-state index is 13.6. The van der Waals surface area contributed by atoms with E-state index in [1.165, 1.54) is 6.07 Å². The van der Waals surface area contributed by atoms with Crippen LogP contribution >= 0.6 is 23.2 Å². The van der Waals surface area contributed by atoms with E-state index in [0.29, 0.717) is 39.7 Å². The van der Waals surface area contributed by atoms with Crippen molar-refractivity contribution in [1.29, 1.82) is 0 Å². The van der Waals surface area contributed by atoms with E-state index in [1.54, 1.807) is 30.3 Å². The topological polar surface area (TPSA) is 64.4 Å². The Morgan fingerprint density at radius 2 is 1.84 bits per heavy atom. The van der Waals surface area contributed by atoms with Gasteiger partial charge in [-0.25, -0.2) is 13.8 Å². The Labute approximate surface area is 185 Å². The summed E-state index contributed by atoms with van der Waals surface area (Å²) in [6.07, 6.45) is 0. The number of anilines is 1. The fraction of sp³-hybridized carbons (Fsp3) is 0.0909. The number of ether oxygens (including phenoxy) is 1. The number of carbonyl (C=O) groups excluding carboxylic acids is 1.